The molecule has 6 heteroatoms. The first-order chi connectivity index (χ1) is 9.63. The van der Waals surface area contributed by atoms with Gasteiger partial charge in [-0.05, 0) is 39.3 Å². The molecule has 0 aliphatic carbocycles. The van der Waals surface area contributed by atoms with Crippen LogP contribution in [0.5, 0.6) is 0 Å². The molecule has 0 saturated carbocycles. The maximum Gasteiger partial charge on any atom is 0.253 e. The third-order valence-electron chi connectivity index (χ3n) is 3.82. The van der Waals surface area contributed by atoms with E-state index in [4.69, 9.17) is 0 Å². The Bertz CT molecular complexity index is 636. The first kappa shape index (κ1) is 13.1. The summed E-state index contributed by atoms with van der Waals surface area (Å²) < 4.78 is 0. The van der Waals surface area contributed by atoms with Gasteiger partial charge in [0.25, 0.3) is 5.91 Å². The molecule has 3 rings (SSSR count). The fourth-order valence-corrected chi connectivity index (χ4v) is 2.68. The number of carbonyl (C=O) groups excluding carboxylic acids is 1. The standard InChI is InChI=1S/C14H19N5O/c1-8-5-11(3-4-15-8)17-14(20)10-6-12-9(2)18-19-13(12)16-7-10/h6-8,11,15H,3-5H2,1-2H3,(H,17,20)(H,16,18,19). The van der Waals surface area contributed by atoms with Gasteiger partial charge in [-0.2, -0.15) is 5.10 Å². The van der Waals surface area contributed by atoms with Crippen LogP contribution in [0.3, 0.4) is 0 Å². The van der Waals surface area contributed by atoms with Gasteiger partial charge in [-0.15, -0.1) is 0 Å². The minimum Gasteiger partial charge on any atom is -0.349 e. The Morgan fingerprint density at radius 1 is 1.50 bits per heavy atom. The molecular formula is C14H19N5O. The van der Waals surface area contributed by atoms with Crippen LogP contribution < -0.4 is 10.6 Å². The van der Waals surface area contributed by atoms with Crippen LogP contribution in [-0.4, -0.2) is 39.7 Å². The molecule has 0 bridgehead atoms. The van der Waals surface area contributed by atoms with Gasteiger partial charge in [0.05, 0.1) is 5.56 Å². The van der Waals surface area contributed by atoms with Gasteiger partial charge in [-0.3, -0.25) is 9.89 Å². The van der Waals surface area contributed by atoms with Crippen molar-refractivity contribution in [3.8, 4) is 0 Å². The van der Waals surface area contributed by atoms with Crippen LogP contribution in [0.1, 0.15) is 35.8 Å². The molecule has 1 aliphatic rings. The molecule has 2 aromatic rings. The molecular weight excluding hydrogens is 254 g/mol. The summed E-state index contributed by atoms with van der Waals surface area (Å²) in [5, 5.41) is 14.3. The van der Waals surface area contributed by atoms with E-state index in [-0.39, 0.29) is 11.9 Å². The van der Waals surface area contributed by atoms with Gasteiger partial charge < -0.3 is 10.6 Å². The molecule has 0 aromatic carbocycles. The lowest BCUT2D eigenvalue weighted by molar-refractivity contribution is 0.0925. The van der Waals surface area contributed by atoms with Crippen molar-refractivity contribution in [3.63, 3.8) is 0 Å². The predicted octanol–water partition coefficient (Wildman–Crippen LogP) is 1.14. The average Bonchev–Trinajstić information content (AvgIpc) is 2.80. The number of nitrogens with one attached hydrogen (secondary N) is 3. The number of aryl methyl sites for hydroxylation is 1. The molecule has 1 saturated heterocycles. The molecule has 1 fully saturated rings. The normalized spacial score (nSPS) is 22.9. The van der Waals surface area contributed by atoms with E-state index >= 15 is 0 Å². The van der Waals surface area contributed by atoms with E-state index < -0.39 is 0 Å². The minimum absolute atomic E-state index is 0.0564. The monoisotopic (exact) mass is 273 g/mol. The molecule has 2 unspecified atom stereocenters. The Morgan fingerprint density at radius 2 is 2.35 bits per heavy atom. The number of nitrogens with zero attached hydrogens (tertiary/aromatic N) is 2. The van der Waals surface area contributed by atoms with Crippen LogP contribution in [0.4, 0.5) is 0 Å². The van der Waals surface area contributed by atoms with Gasteiger partial charge in [0, 0.05) is 29.4 Å². The summed E-state index contributed by atoms with van der Waals surface area (Å²) in [6.45, 7) is 5.01. The predicted molar refractivity (Wildman–Crippen MR) is 76.6 cm³/mol. The quantitative estimate of drug-likeness (QED) is 0.766. The summed E-state index contributed by atoms with van der Waals surface area (Å²) in [5.74, 6) is -0.0564. The van der Waals surface area contributed by atoms with E-state index in [2.05, 4.69) is 32.7 Å². The lowest BCUT2D eigenvalue weighted by Crippen LogP contribution is -2.46. The Morgan fingerprint density at radius 3 is 3.15 bits per heavy atom. The molecule has 20 heavy (non-hydrogen) atoms. The number of piperidine rings is 1. The van der Waals surface area contributed by atoms with Crippen LogP contribution >= 0.6 is 0 Å². The molecule has 2 aromatic heterocycles. The highest BCUT2D eigenvalue weighted by atomic mass is 16.1. The number of pyridine rings is 1. The molecule has 6 nitrogen and oxygen atoms in total. The van der Waals surface area contributed by atoms with Crippen LogP contribution in [0, 0.1) is 6.92 Å². The van der Waals surface area contributed by atoms with E-state index in [1.165, 1.54) is 0 Å². The summed E-state index contributed by atoms with van der Waals surface area (Å²) >= 11 is 0. The Hall–Kier alpha value is -1.95. The zero-order chi connectivity index (χ0) is 14.1. The third-order valence-corrected chi connectivity index (χ3v) is 3.82. The van der Waals surface area contributed by atoms with Gasteiger partial charge in [0.1, 0.15) is 0 Å². The largest absolute Gasteiger partial charge is 0.349 e. The zero-order valence-corrected chi connectivity index (χ0v) is 11.7. The zero-order valence-electron chi connectivity index (χ0n) is 11.7. The average molecular weight is 273 g/mol. The van der Waals surface area contributed by atoms with Gasteiger partial charge in [0.2, 0.25) is 0 Å². The van der Waals surface area contributed by atoms with E-state index in [1.807, 2.05) is 13.0 Å². The highest BCUT2D eigenvalue weighted by molar-refractivity contribution is 5.97. The Labute approximate surface area is 117 Å². The first-order valence-corrected chi connectivity index (χ1v) is 6.98. The summed E-state index contributed by atoms with van der Waals surface area (Å²) in [5.41, 5.74) is 2.17. The molecule has 1 aliphatic heterocycles. The number of amides is 1. The maximum absolute atomic E-state index is 12.3. The fraction of sp³-hybridized carbons (Fsp3) is 0.500. The summed E-state index contributed by atoms with van der Waals surface area (Å²) in [4.78, 5) is 16.5. The van der Waals surface area contributed by atoms with E-state index in [9.17, 15) is 4.79 Å². The van der Waals surface area contributed by atoms with Gasteiger partial charge >= 0.3 is 0 Å². The number of H-pyrrole nitrogens is 1. The van der Waals surface area contributed by atoms with Crippen molar-refractivity contribution in [3.05, 3.63) is 23.5 Å². The van der Waals surface area contributed by atoms with Crippen molar-refractivity contribution in [2.24, 2.45) is 0 Å². The van der Waals surface area contributed by atoms with Gasteiger partial charge in [0.15, 0.2) is 5.65 Å². The van der Waals surface area contributed by atoms with E-state index in [0.29, 0.717) is 17.3 Å². The molecule has 3 N–H and O–H groups in total. The minimum atomic E-state index is -0.0564. The van der Waals surface area contributed by atoms with Gasteiger partial charge in [-0.1, -0.05) is 0 Å². The van der Waals surface area contributed by atoms with Crippen molar-refractivity contribution < 1.29 is 4.79 Å². The molecule has 3 heterocycles. The number of hydrogen-bond acceptors (Lipinski definition) is 4. The van der Waals surface area contributed by atoms with Crippen molar-refractivity contribution in [2.45, 2.75) is 38.8 Å². The number of hydrogen-bond donors (Lipinski definition) is 3. The number of aromatic amines is 1. The van der Waals surface area contributed by atoms with Crippen LogP contribution in [0.25, 0.3) is 11.0 Å². The van der Waals surface area contributed by atoms with E-state index in [0.717, 1.165) is 30.5 Å². The molecule has 2 atom stereocenters. The van der Waals surface area contributed by atoms with Crippen LogP contribution in [0.15, 0.2) is 12.3 Å². The van der Waals surface area contributed by atoms with Crippen LogP contribution in [-0.2, 0) is 0 Å². The van der Waals surface area contributed by atoms with Crippen molar-refractivity contribution in [1.29, 1.82) is 0 Å². The number of carbonyl (C=O) groups is 1. The topological polar surface area (TPSA) is 82.7 Å². The first-order valence-electron chi connectivity index (χ1n) is 6.98. The Kier molecular flexibility index (Phi) is 3.40. The third kappa shape index (κ3) is 2.51. The maximum atomic E-state index is 12.3. The molecule has 1 amide bonds. The molecule has 0 radical (unpaired) electrons. The second-order valence-electron chi connectivity index (χ2n) is 5.49. The summed E-state index contributed by atoms with van der Waals surface area (Å²) in [7, 11) is 0. The number of rotatable bonds is 2. The smallest absolute Gasteiger partial charge is 0.253 e. The van der Waals surface area contributed by atoms with Crippen molar-refractivity contribution >= 4 is 16.9 Å². The van der Waals surface area contributed by atoms with Crippen LogP contribution in [0.2, 0.25) is 0 Å². The van der Waals surface area contributed by atoms with E-state index in [1.54, 1.807) is 6.20 Å². The lowest BCUT2D eigenvalue weighted by atomic mass is 10.0. The fourth-order valence-electron chi connectivity index (χ4n) is 2.68. The highest BCUT2D eigenvalue weighted by Gasteiger charge is 2.20. The number of fused-ring (bicyclic) bond motifs is 1. The SMILES string of the molecule is Cc1[nH]nc2ncc(C(=O)NC3CCNC(C)C3)cc12. The second-order valence-corrected chi connectivity index (χ2v) is 5.49. The van der Waals surface area contributed by atoms with Gasteiger partial charge in [-0.25, -0.2) is 4.98 Å². The summed E-state index contributed by atoms with van der Waals surface area (Å²) in [6, 6.07) is 2.53. The van der Waals surface area contributed by atoms with Crippen molar-refractivity contribution in [2.75, 3.05) is 6.54 Å². The highest BCUT2D eigenvalue weighted by Crippen LogP contribution is 2.15. The molecule has 0 spiro atoms. The molecule has 106 valence electrons. The second kappa shape index (κ2) is 5.20. The van der Waals surface area contributed by atoms with Crippen molar-refractivity contribution in [1.82, 2.24) is 25.8 Å². The Balaban J connectivity index is 1.76. The summed E-state index contributed by atoms with van der Waals surface area (Å²) in [6.07, 6.45) is 3.52. The number of aromatic nitrogens is 3. The lowest BCUT2D eigenvalue weighted by Gasteiger charge is -2.28.